The lowest BCUT2D eigenvalue weighted by Gasteiger charge is -2.10. The van der Waals surface area contributed by atoms with Gasteiger partial charge in [0.15, 0.2) is 0 Å². The second-order valence-electron chi connectivity index (χ2n) is 4.88. The molecule has 3 rings (SSSR count). The zero-order valence-corrected chi connectivity index (χ0v) is 10.9. The Balaban J connectivity index is 2.03. The summed E-state index contributed by atoms with van der Waals surface area (Å²) < 4.78 is 6.81. The maximum atomic E-state index is 11.8. The molecule has 1 aliphatic carbocycles. The van der Waals surface area contributed by atoms with E-state index in [9.17, 15) is 4.79 Å². The van der Waals surface area contributed by atoms with E-state index in [1.165, 1.54) is 20.0 Å². The summed E-state index contributed by atoms with van der Waals surface area (Å²) in [6, 6.07) is 9.94. The van der Waals surface area contributed by atoms with Crippen molar-refractivity contribution in [3.8, 4) is 11.4 Å². The maximum Gasteiger partial charge on any atom is 0.356 e. The van der Waals surface area contributed by atoms with Gasteiger partial charge in [0.05, 0.1) is 13.3 Å². The minimum atomic E-state index is -0.324. The highest BCUT2D eigenvalue weighted by Crippen LogP contribution is 2.33. The highest BCUT2D eigenvalue weighted by atomic mass is 16.5. The first-order valence-corrected chi connectivity index (χ1v) is 6.49. The number of imidazole rings is 1. The van der Waals surface area contributed by atoms with Crippen molar-refractivity contribution >= 4 is 5.97 Å². The third kappa shape index (κ3) is 2.38. The van der Waals surface area contributed by atoms with Gasteiger partial charge in [0.2, 0.25) is 0 Å². The molecule has 2 aromatic rings. The molecule has 0 bridgehead atoms. The van der Waals surface area contributed by atoms with E-state index in [-0.39, 0.29) is 5.97 Å². The molecule has 0 radical (unpaired) electrons. The molecule has 4 nitrogen and oxygen atoms in total. The van der Waals surface area contributed by atoms with Crippen LogP contribution in [0.1, 0.15) is 23.3 Å². The first kappa shape index (κ1) is 12.0. The lowest BCUT2D eigenvalue weighted by atomic mass is 10.2. The minimum absolute atomic E-state index is 0.324. The monoisotopic (exact) mass is 256 g/mol. The first-order valence-electron chi connectivity index (χ1n) is 6.49. The Hall–Kier alpha value is -2.10. The molecule has 19 heavy (non-hydrogen) atoms. The Morgan fingerprint density at radius 1 is 1.37 bits per heavy atom. The fraction of sp³-hybridized carbons (Fsp3) is 0.333. The molecular formula is C15H16N2O2. The van der Waals surface area contributed by atoms with E-state index in [4.69, 9.17) is 4.74 Å². The largest absolute Gasteiger partial charge is 0.464 e. The minimum Gasteiger partial charge on any atom is -0.464 e. The summed E-state index contributed by atoms with van der Waals surface area (Å²) >= 11 is 0. The van der Waals surface area contributed by atoms with Gasteiger partial charge < -0.3 is 9.30 Å². The van der Waals surface area contributed by atoms with Gasteiger partial charge in [-0.15, -0.1) is 0 Å². The predicted molar refractivity (Wildman–Crippen MR) is 71.7 cm³/mol. The van der Waals surface area contributed by atoms with Gasteiger partial charge in [0.25, 0.3) is 0 Å². The molecule has 1 aromatic carbocycles. The molecule has 1 aromatic heterocycles. The maximum absolute atomic E-state index is 11.8. The van der Waals surface area contributed by atoms with Crippen molar-refractivity contribution in [1.82, 2.24) is 9.55 Å². The first-order chi connectivity index (χ1) is 9.29. The third-order valence-electron chi connectivity index (χ3n) is 3.42. The number of nitrogens with zero attached hydrogens (tertiary/aromatic N) is 2. The van der Waals surface area contributed by atoms with Crippen LogP contribution in [0.2, 0.25) is 0 Å². The molecule has 1 saturated carbocycles. The average Bonchev–Trinajstić information content (AvgIpc) is 3.17. The molecule has 0 unspecified atom stereocenters. The van der Waals surface area contributed by atoms with Crippen LogP contribution in [0.5, 0.6) is 0 Å². The van der Waals surface area contributed by atoms with E-state index in [1.54, 1.807) is 6.20 Å². The van der Waals surface area contributed by atoms with Gasteiger partial charge in [0.1, 0.15) is 11.5 Å². The molecule has 1 heterocycles. The summed E-state index contributed by atoms with van der Waals surface area (Å²) in [7, 11) is 1.40. The Labute approximate surface area is 112 Å². The Morgan fingerprint density at radius 2 is 2.11 bits per heavy atom. The molecule has 0 N–H and O–H groups in total. The van der Waals surface area contributed by atoms with Gasteiger partial charge in [-0.05, 0) is 18.8 Å². The van der Waals surface area contributed by atoms with Crippen LogP contribution in [0.15, 0.2) is 36.5 Å². The number of aromatic nitrogens is 2. The molecule has 0 amide bonds. The molecule has 0 atom stereocenters. The molecule has 0 saturated heterocycles. The van der Waals surface area contributed by atoms with Crippen molar-refractivity contribution in [3.05, 3.63) is 42.2 Å². The van der Waals surface area contributed by atoms with Gasteiger partial charge in [0, 0.05) is 12.1 Å². The van der Waals surface area contributed by atoms with Gasteiger partial charge in [-0.25, -0.2) is 9.78 Å². The summed E-state index contributed by atoms with van der Waals surface area (Å²) in [6.07, 6.45) is 4.07. The standard InChI is InChI=1S/C15H16N2O2/c1-19-15(18)13-9-16-14(12-5-3-2-4-6-12)17(13)10-11-7-8-11/h2-6,9,11H,7-8,10H2,1H3. The van der Waals surface area contributed by atoms with Gasteiger partial charge in [-0.2, -0.15) is 0 Å². The lowest BCUT2D eigenvalue weighted by Crippen LogP contribution is -2.12. The molecule has 98 valence electrons. The summed E-state index contributed by atoms with van der Waals surface area (Å²) in [4.78, 5) is 16.2. The number of methoxy groups -OCH3 is 1. The predicted octanol–water partition coefficient (Wildman–Crippen LogP) is 2.75. The van der Waals surface area contributed by atoms with Gasteiger partial charge in [-0.3, -0.25) is 0 Å². The van der Waals surface area contributed by atoms with E-state index >= 15 is 0 Å². The van der Waals surface area contributed by atoms with E-state index < -0.39 is 0 Å². The molecule has 0 aliphatic heterocycles. The smallest absolute Gasteiger partial charge is 0.356 e. The third-order valence-corrected chi connectivity index (χ3v) is 3.42. The molecular weight excluding hydrogens is 240 g/mol. The number of hydrogen-bond donors (Lipinski definition) is 0. The molecule has 1 aliphatic rings. The molecule has 1 fully saturated rings. The van der Waals surface area contributed by atoms with E-state index in [2.05, 4.69) is 4.98 Å². The van der Waals surface area contributed by atoms with Crippen LogP contribution in [0.4, 0.5) is 0 Å². The Kier molecular flexibility index (Phi) is 3.07. The SMILES string of the molecule is COC(=O)c1cnc(-c2ccccc2)n1CC1CC1. The van der Waals surface area contributed by atoms with Crippen molar-refractivity contribution in [1.29, 1.82) is 0 Å². The number of rotatable bonds is 4. The Bertz CT molecular complexity index is 585. The number of esters is 1. The summed E-state index contributed by atoms with van der Waals surface area (Å²) in [6.45, 7) is 0.842. The fourth-order valence-electron chi connectivity index (χ4n) is 2.20. The van der Waals surface area contributed by atoms with Gasteiger partial charge >= 0.3 is 5.97 Å². The van der Waals surface area contributed by atoms with E-state index in [0.717, 1.165) is 17.9 Å². The quantitative estimate of drug-likeness (QED) is 0.790. The Morgan fingerprint density at radius 3 is 2.74 bits per heavy atom. The van der Waals surface area contributed by atoms with Crippen molar-refractivity contribution < 1.29 is 9.53 Å². The summed E-state index contributed by atoms with van der Waals surface area (Å²) in [5.74, 6) is 1.18. The van der Waals surface area contributed by atoms with Crippen LogP contribution in [0.3, 0.4) is 0 Å². The highest BCUT2D eigenvalue weighted by Gasteiger charge is 2.26. The zero-order chi connectivity index (χ0) is 13.2. The second-order valence-corrected chi connectivity index (χ2v) is 4.88. The number of ether oxygens (including phenoxy) is 1. The van der Waals surface area contributed by atoms with Crippen LogP contribution in [0, 0.1) is 5.92 Å². The van der Waals surface area contributed by atoms with E-state index in [0.29, 0.717) is 11.6 Å². The average molecular weight is 256 g/mol. The van der Waals surface area contributed by atoms with Crippen LogP contribution >= 0.6 is 0 Å². The number of hydrogen-bond acceptors (Lipinski definition) is 3. The topological polar surface area (TPSA) is 44.1 Å². The second kappa shape index (κ2) is 4.88. The van der Waals surface area contributed by atoms with Crippen LogP contribution in [0.25, 0.3) is 11.4 Å². The number of carbonyl (C=O) groups is 1. The van der Waals surface area contributed by atoms with Crippen LogP contribution < -0.4 is 0 Å². The summed E-state index contributed by atoms with van der Waals surface area (Å²) in [5, 5.41) is 0. The van der Waals surface area contributed by atoms with Crippen molar-refractivity contribution in [2.45, 2.75) is 19.4 Å². The van der Waals surface area contributed by atoms with Crippen molar-refractivity contribution in [2.75, 3.05) is 7.11 Å². The lowest BCUT2D eigenvalue weighted by molar-refractivity contribution is 0.0588. The highest BCUT2D eigenvalue weighted by molar-refractivity contribution is 5.88. The van der Waals surface area contributed by atoms with Crippen molar-refractivity contribution in [2.24, 2.45) is 5.92 Å². The van der Waals surface area contributed by atoms with Crippen LogP contribution in [-0.4, -0.2) is 22.6 Å². The number of carbonyl (C=O) groups excluding carboxylic acids is 1. The number of benzene rings is 1. The van der Waals surface area contributed by atoms with E-state index in [1.807, 2.05) is 34.9 Å². The molecule has 0 spiro atoms. The normalized spacial score (nSPS) is 14.4. The fourth-order valence-corrected chi connectivity index (χ4v) is 2.20. The zero-order valence-electron chi connectivity index (χ0n) is 10.9. The summed E-state index contributed by atoms with van der Waals surface area (Å²) in [5.41, 5.74) is 1.56. The van der Waals surface area contributed by atoms with Gasteiger partial charge in [-0.1, -0.05) is 30.3 Å². The molecule has 4 heteroatoms. The van der Waals surface area contributed by atoms with Crippen LogP contribution in [-0.2, 0) is 11.3 Å². The van der Waals surface area contributed by atoms with Crippen molar-refractivity contribution in [3.63, 3.8) is 0 Å².